The van der Waals surface area contributed by atoms with Gasteiger partial charge in [0.15, 0.2) is 17.8 Å². The Kier molecular flexibility index (Phi) is 8.17. The smallest absolute Gasteiger partial charge is 0.382 e. The van der Waals surface area contributed by atoms with Crippen molar-refractivity contribution >= 4 is 28.1 Å². The number of aromatic nitrogens is 6. The molecule has 42 heavy (non-hydrogen) atoms. The topological polar surface area (TPSA) is 160 Å². The van der Waals surface area contributed by atoms with Crippen LogP contribution in [0.15, 0.2) is 59.7 Å². The quantitative estimate of drug-likeness (QED) is 0.220. The molecular formula is C25H25ClF3N7O5S. The Morgan fingerprint density at radius 1 is 1.12 bits per heavy atom. The number of carbonyl (C=O) groups is 1. The second kappa shape index (κ2) is 11.5. The van der Waals surface area contributed by atoms with E-state index in [1.165, 1.54) is 35.3 Å². The fourth-order valence-corrected chi connectivity index (χ4v) is 6.21. The Morgan fingerprint density at radius 2 is 1.81 bits per heavy atom. The first-order valence-corrected chi connectivity index (χ1v) is 14.8. The third-order valence-electron chi connectivity index (χ3n) is 6.54. The number of alkyl halides is 3. The molecule has 4 aromatic rings. The zero-order valence-corrected chi connectivity index (χ0v) is 23.2. The number of nitrogens with one attached hydrogen (secondary N) is 1. The molecule has 1 atom stereocenters. The Hall–Kier alpha value is -3.70. The molecule has 1 fully saturated rings. The highest BCUT2D eigenvalue weighted by Gasteiger charge is 2.39. The average molecular weight is 628 g/mol. The van der Waals surface area contributed by atoms with Crippen molar-refractivity contribution in [1.82, 2.24) is 34.4 Å². The molecule has 4 N–H and O–H groups in total. The third-order valence-corrected chi connectivity index (χ3v) is 8.80. The molecule has 2 aromatic heterocycles. The molecule has 1 amide bonds. The maximum absolute atomic E-state index is 13.1. The van der Waals surface area contributed by atoms with Gasteiger partial charge in [0.1, 0.15) is 12.9 Å². The molecule has 1 saturated heterocycles. The number of carbonyl (C=O) groups excluding carboxylic acids is 1. The van der Waals surface area contributed by atoms with Gasteiger partial charge >= 0.3 is 11.9 Å². The van der Waals surface area contributed by atoms with E-state index in [1.54, 1.807) is 24.3 Å². The average Bonchev–Trinajstić information content (AvgIpc) is 3.51. The number of aliphatic hydroxyl groups is 1. The summed E-state index contributed by atoms with van der Waals surface area (Å²) in [5, 5.41) is 21.3. The zero-order valence-electron chi connectivity index (χ0n) is 21.6. The van der Waals surface area contributed by atoms with Gasteiger partial charge < -0.3 is 10.4 Å². The number of para-hydroxylation sites is 1. The maximum atomic E-state index is 13.1. The molecule has 2 aromatic carbocycles. The molecule has 5 rings (SSSR count). The fraction of sp³-hybridized carbons (Fsp3) is 0.320. The number of aliphatic hydroxyl groups excluding tert-OH is 1. The lowest BCUT2D eigenvalue weighted by Gasteiger charge is -2.47. The molecule has 17 heteroatoms. The van der Waals surface area contributed by atoms with Gasteiger partial charge in [-0.15, -0.1) is 10.2 Å². The van der Waals surface area contributed by atoms with E-state index >= 15 is 0 Å². The van der Waals surface area contributed by atoms with E-state index in [2.05, 4.69) is 20.5 Å². The molecule has 1 aliphatic rings. The second-order valence-corrected chi connectivity index (χ2v) is 12.5. The summed E-state index contributed by atoms with van der Waals surface area (Å²) in [7, 11) is -2.52. The van der Waals surface area contributed by atoms with Gasteiger partial charge in [-0.3, -0.25) is 18.5 Å². The minimum absolute atomic E-state index is 0.0304. The number of halogens is 4. The molecule has 0 spiro atoms. The van der Waals surface area contributed by atoms with Crippen molar-refractivity contribution in [3.05, 3.63) is 81.8 Å². The normalized spacial score (nSPS) is 16.5. The highest BCUT2D eigenvalue weighted by Crippen LogP contribution is 2.51. The molecule has 0 radical (unpaired) electrons. The first-order valence-electron chi connectivity index (χ1n) is 12.5. The van der Waals surface area contributed by atoms with Crippen LogP contribution in [0.3, 0.4) is 0 Å². The second-order valence-electron chi connectivity index (χ2n) is 9.77. The minimum atomic E-state index is -4.96. The van der Waals surface area contributed by atoms with Crippen LogP contribution in [0, 0.1) is 5.92 Å². The third kappa shape index (κ3) is 6.52. The molecule has 224 valence electrons. The lowest BCUT2D eigenvalue weighted by Crippen LogP contribution is -2.41. The van der Waals surface area contributed by atoms with Crippen LogP contribution in [0.1, 0.15) is 16.2 Å². The van der Waals surface area contributed by atoms with Crippen molar-refractivity contribution in [1.29, 1.82) is 0 Å². The molecule has 0 unspecified atom stereocenters. The monoisotopic (exact) mass is 627 g/mol. The summed E-state index contributed by atoms with van der Waals surface area (Å²) in [6, 6.07) is 12.5. The summed E-state index contributed by atoms with van der Waals surface area (Å²) in [6.07, 6.45) is -6.45. The molecular weight excluding hydrogens is 603 g/mol. The summed E-state index contributed by atoms with van der Waals surface area (Å²) < 4.78 is 61.4. The lowest BCUT2D eigenvalue weighted by molar-refractivity contribution is -0.207. The molecule has 0 saturated carbocycles. The number of benzene rings is 2. The van der Waals surface area contributed by atoms with Crippen LogP contribution in [0.25, 0.3) is 17.1 Å². The van der Waals surface area contributed by atoms with E-state index in [-0.39, 0.29) is 47.7 Å². The summed E-state index contributed by atoms with van der Waals surface area (Å²) >= 11 is 5.92. The van der Waals surface area contributed by atoms with Crippen LogP contribution < -0.4 is 11.0 Å². The number of hydrogen-bond donors (Lipinski definition) is 4. The minimum Gasteiger partial charge on any atom is -0.382 e. The summed E-state index contributed by atoms with van der Waals surface area (Å²) in [5.41, 5.74) is 0.0224. The SMILES string of the molecule is O=C(NCC1CS(O)(O)C1)c1ccccc1-n1cnc(Cn2nc(-c3ccc(Cl)cc3)n(C[C@H](O)C(F)(F)F)c2=O)n1. The first kappa shape index (κ1) is 29.8. The standard InChI is InChI=1S/C25H25ClF3N7O5S/c26-17-7-5-16(6-8-17)22-33-35(24(39)34(22)10-20(37)25(27,28)29)11-21-31-14-36(32-21)19-4-2-1-3-18(19)23(38)30-9-15-12-42(40,41)13-15/h1-8,14-15,20,37,40-41H,9-13H2,(H,30,38)/t20-/m0/s1. The Morgan fingerprint density at radius 3 is 2.48 bits per heavy atom. The lowest BCUT2D eigenvalue weighted by atomic mass is 10.1. The number of rotatable bonds is 9. The van der Waals surface area contributed by atoms with Gasteiger partial charge in [-0.2, -0.15) is 23.8 Å². The van der Waals surface area contributed by atoms with Crippen molar-refractivity contribution in [3.63, 3.8) is 0 Å². The molecule has 1 aliphatic heterocycles. The van der Waals surface area contributed by atoms with Crippen molar-refractivity contribution in [2.45, 2.75) is 25.4 Å². The van der Waals surface area contributed by atoms with E-state index in [0.29, 0.717) is 16.3 Å². The van der Waals surface area contributed by atoms with E-state index in [9.17, 15) is 37.0 Å². The van der Waals surface area contributed by atoms with Crippen molar-refractivity contribution < 1.29 is 32.2 Å². The Labute approximate surface area is 242 Å². The van der Waals surface area contributed by atoms with Crippen LogP contribution >= 0.6 is 22.2 Å². The Bertz CT molecular complexity index is 1650. The van der Waals surface area contributed by atoms with Gasteiger partial charge in [-0.1, -0.05) is 23.7 Å². The van der Waals surface area contributed by atoms with Gasteiger partial charge in [0.25, 0.3) is 5.91 Å². The molecule has 0 bridgehead atoms. The van der Waals surface area contributed by atoms with E-state index in [0.717, 1.165) is 9.25 Å². The van der Waals surface area contributed by atoms with Gasteiger partial charge in [-0.05, 0) is 36.4 Å². The summed E-state index contributed by atoms with van der Waals surface area (Å²) in [4.78, 5) is 30.2. The number of amides is 1. The fourth-order valence-electron chi connectivity index (χ4n) is 4.44. The number of hydrogen-bond acceptors (Lipinski definition) is 8. The van der Waals surface area contributed by atoms with Gasteiger partial charge in [0.2, 0.25) is 0 Å². The predicted molar refractivity (Wildman–Crippen MR) is 148 cm³/mol. The van der Waals surface area contributed by atoms with Crippen LogP contribution in [-0.2, 0) is 13.1 Å². The zero-order chi connectivity index (χ0) is 30.2. The molecule has 12 nitrogen and oxygen atoms in total. The highest BCUT2D eigenvalue weighted by molar-refractivity contribution is 8.25. The largest absolute Gasteiger partial charge is 0.416 e. The molecule has 0 aliphatic carbocycles. The van der Waals surface area contributed by atoms with Gasteiger partial charge in [0, 0.05) is 34.6 Å². The van der Waals surface area contributed by atoms with Gasteiger partial charge in [0.05, 0.1) is 17.8 Å². The van der Waals surface area contributed by atoms with E-state index < -0.39 is 41.0 Å². The highest BCUT2D eigenvalue weighted by atomic mass is 35.5. The van der Waals surface area contributed by atoms with Crippen molar-refractivity contribution in [3.8, 4) is 17.1 Å². The van der Waals surface area contributed by atoms with Crippen LogP contribution in [0.5, 0.6) is 0 Å². The van der Waals surface area contributed by atoms with Gasteiger partial charge in [-0.25, -0.2) is 19.1 Å². The van der Waals surface area contributed by atoms with Crippen molar-refractivity contribution in [2.24, 2.45) is 5.92 Å². The maximum Gasteiger partial charge on any atom is 0.416 e. The number of nitrogens with zero attached hydrogens (tertiary/aromatic N) is 6. The summed E-state index contributed by atoms with van der Waals surface area (Å²) in [6.45, 7) is -1.12. The van der Waals surface area contributed by atoms with Crippen LogP contribution in [0.4, 0.5) is 13.2 Å². The van der Waals surface area contributed by atoms with Crippen LogP contribution in [0.2, 0.25) is 5.02 Å². The van der Waals surface area contributed by atoms with Crippen LogP contribution in [-0.4, -0.2) is 79.6 Å². The van der Waals surface area contributed by atoms with E-state index in [4.69, 9.17) is 11.6 Å². The van der Waals surface area contributed by atoms with E-state index in [1.807, 2.05) is 0 Å². The summed E-state index contributed by atoms with van der Waals surface area (Å²) in [5.74, 6) is 0.00960. The first-order chi connectivity index (χ1) is 19.8. The van der Waals surface area contributed by atoms with Crippen molar-refractivity contribution in [2.75, 3.05) is 18.1 Å². The predicted octanol–water partition coefficient (Wildman–Crippen LogP) is 3.03. The molecule has 3 heterocycles. The Balaban J connectivity index is 1.38.